The zero-order valence-corrected chi connectivity index (χ0v) is 8.52. The van der Waals surface area contributed by atoms with Crippen molar-refractivity contribution in [2.45, 2.75) is 39.2 Å². The third kappa shape index (κ3) is 2.76. The summed E-state index contributed by atoms with van der Waals surface area (Å²) in [6, 6.07) is 0. The van der Waals surface area contributed by atoms with Gasteiger partial charge in [0.05, 0.1) is 6.61 Å². The molecule has 0 bridgehead atoms. The van der Waals surface area contributed by atoms with Crippen molar-refractivity contribution in [1.82, 2.24) is 5.32 Å². The maximum Gasteiger partial charge on any atom is 0.286 e. The highest BCUT2D eigenvalue weighted by molar-refractivity contribution is 5.92. The van der Waals surface area contributed by atoms with E-state index in [9.17, 15) is 4.79 Å². The van der Waals surface area contributed by atoms with Crippen molar-refractivity contribution in [3.8, 4) is 0 Å². The van der Waals surface area contributed by atoms with E-state index in [0.717, 1.165) is 12.8 Å². The molecule has 0 aliphatic carbocycles. The smallest absolute Gasteiger partial charge is 0.286 e. The van der Waals surface area contributed by atoms with Crippen molar-refractivity contribution >= 4 is 5.91 Å². The van der Waals surface area contributed by atoms with Gasteiger partial charge in [-0.2, -0.15) is 0 Å². The first-order valence-corrected chi connectivity index (χ1v) is 4.70. The second-order valence-electron chi connectivity index (χ2n) is 3.90. The maximum absolute atomic E-state index is 11.5. The first-order valence-electron chi connectivity index (χ1n) is 4.70. The maximum atomic E-state index is 11.5. The summed E-state index contributed by atoms with van der Waals surface area (Å²) in [5.41, 5.74) is -0.149. The minimum absolute atomic E-state index is 0.0932. The Kier molecular flexibility index (Phi) is 2.96. The number of carbonyl (C=O) groups is 1. The molecule has 0 aromatic heterocycles. The lowest BCUT2D eigenvalue weighted by atomic mass is 10.0. The van der Waals surface area contributed by atoms with Gasteiger partial charge in [0, 0.05) is 12.0 Å². The van der Waals surface area contributed by atoms with Gasteiger partial charge < -0.3 is 10.1 Å². The molecule has 1 aliphatic heterocycles. The topological polar surface area (TPSA) is 38.3 Å². The van der Waals surface area contributed by atoms with Gasteiger partial charge in [-0.3, -0.25) is 4.79 Å². The molecule has 0 saturated heterocycles. The van der Waals surface area contributed by atoms with Crippen LogP contribution in [0.25, 0.3) is 0 Å². The Balaban J connectivity index is 2.50. The molecule has 1 amide bonds. The Bertz CT molecular complexity index is 231. The van der Waals surface area contributed by atoms with Crippen LogP contribution in [0.5, 0.6) is 0 Å². The Morgan fingerprint density at radius 2 is 2.38 bits per heavy atom. The highest BCUT2D eigenvalue weighted by atomic mass is 16.5. The fourth-order valence-electron chi connectivity index (χ4n) is 1.03. The molecular weight excluding hydrogens is 166 g/mol. The molecule has 0 unspecified atom stereocenters. The lowest BCUT2D eigenvalue weighted by Crippen LogP contribution is -2.43. The van der Waals surface area contributed by atoms with Crippen LogP contribution in [-0.2, 0) is 9.53 Å². The van der Waals surface area contributed by atoms with Crippen LogP contribution in [0.4, 0.5) is 0 Å². The predicted octanol–water partition coefficient (Wildman–Crippen LogP) is 1.60. The van der Waals surface area contributed by atoms with E-state index in [0.29, 0.717) is 12.4 Å². The highest BCUT2D eigenvalue weighted by Crippen LogP contribution is 2.12. The normalized spacial score (nSPS) is 16.4. The van der Waals surface area contributed by atoms with Crippen molar-refractivity contribution in [3.63, 3.8) is 0 Å². The Hall–Kier alpha value is -0.990. The minimum Gasteiger partial charge on any atom is -0.488 e. The van der Waals surface area contributed by atoms with Crippen molar-refractivity contribution in [3.05, 3.63) is 11.8 Å². The summed E-state index contributed by atoms with van der Waals surface area (Å²) in [5, 5.41) is 2.92. The molecule has 0 spiro atoms. The lowest BCUT2D eigenvalue weighted by Gasteiger charge is -2.24. The molecule has 74 valence electrons. The van der Waals surface area contributed by atoms with E-state index in [1.807, 2.05) is 26.8 Å². The standard InChI is InChI=1S/C10H17NO2/c1-4-10(2,3)11-9(12)8-6-5-7-13-8/h6H,4-5,7H2,1-3H3,(H,11,12). The molecule has 13 heavy (non-hydrogen) atoms. The van der Waals surface area contributed by atoms with Crippen LogP contribution in [0.1, 0.15) is 33.6 Å². The summed E-state index contributed by atoms with van der Waals surface area (Å²) in [5.74, 6) is 0.380. The highest BCUT2D eigenvalue weighted by Gasteiger charge is 2.22. The minimum atomic E-state index is -0.149. The third-order valence-electron chi connectivity index (χ3n) is 2.26. The number of ether oxygens (including phenoxy) is 1. The molecular formula is C10H17NO2. The van der Waals surface area contributed by atoms with Crippen molar-refractivity contribution in [1.29, 1.82) is 0 Å². The van der Waals surface area contributed by atoms with Gasteiger partial charge in [0.2, 0.25) is 0 Å². The summed E-state index contributed by atoms with van der Waals surface area (Å²) < 4.78 is 5.15. The van der Waals surface area contributed by atoms with E-state index in [1.54, 1.807) is 0 Å². The fraction of sp³-hybridized carbons (Fsp3) is 0.700. The molecule has 0 aromatic rings. The summed E-state index contributed by atoms with van der Waals surface area (Å²) in [6.07, 6.45) is 3.59. The summed E-state index contributed by atoms with van der Waals surface area (Å²) in [4.78, 5) is 11.5. The molecule has 0 radical (unpaired) electrons. The zero-order chi connectivity index (χ0) is 9.90. The van der Waals surface area contributed by atoms with E-state index >= 15 is 0 Å². The van der Waals surface area contributed by atoms with Crippen LogP contribution in [0.15, 0.2) is 11.8 Å². The van der Waals surface area contributed by atoms with Crippen LogP contribution >= 0.6 is 0 Å². The predicted molar refractivity (Wildman–Crippen MR) is 51.2 cm³/mol. The van der Waals surface area contributed by atoms with Gasteiger partial charge in [-0.25, -0.2) is 0 Å². The Labute approximate surface area is 79.2 Å². The molecule has 1 aliphatic rings. The summed E-state index contributed by atoms with van der Waals surface area (Å²) in [7, 11) is 0. The van der Waals surface area contributed by atoms with E-state index < -0.39 is 0 Å². The lowest BCUT2D eigenvalue weighted by molar-refractivity contribution is -0.122. The molecule has 3 nitrogen and oxygen atoms in total. The number of hydrogen-bond acceptors (Lipinski definition) is 2. The largest absolute Gasteiger partial charge is 0.488 e. The number of nitrogens with one attached hydrogen (secondary N) is 1. The zero-order valence-electron chi connectivity index (χ0n) is 8.52. The molecule has 1 rings (SSSR count). The molecule has 0 aromatic carbocycles. The van der Waals surface area contributed by atoms with Crippen LogP contribution in [-0.4, -0.2) is 18.1 Å². The molecule has 3 heteroatoms. The SMILES string of the molecule is CCC(C)(C)NC(=O)C1=CCCO1. The molecule has 0 fully saturated rings. The fourth-order valence-corrected chi connectivity index (χ4v) is 1.03. The van der Waals surface area contributed by atoms with Gasteiger partial charge in [0.1, 0.15) is 0 Å². The second kappa shape index (κ2) is 3.81. The second-order valence-corrected chi connectivity index (χ2v) is 3.90. The van der Waals surface area contributed by atoms with E-state index in [1.165, 1.54) is 0 Å². The van der Waals surface area contributed by atoms with E-state index in [2.05, 4.69) is 5.32 Å². The number of carbonyl (C=O) groups excluding carboxylic acids is 1. The van der Waals surface area contributed by atoms with Crippen molar-refractivity contribution in [2.75, 3.05) is 6.61 Å². The van der Waals surface area contributed by atoms with Crippen molar-refractivity contribution in [2.24, 2.45) is 0 Å². The number of amides is 1. The summed E-state index contributed by atoms with van der Waals surface area (Å²) >= 11 is 0. The van der Waals surface area contributed by atoms with Gasteiger partial charge in [-0.1, -0.05) is 6.92 Å². The third-order valence-corrected chi connectivity index (χ3v) is 2.26. The first kappa shape index (κ1) is 10.1. The molecule has 0 atom stereocenters. The van der Waals surface area contributed by atoms with Crippen molar-refractivity contribution < 1.29 is 9.53 Å². The van der Waals surface area contributed by atoms with Gasteiger partial charge in [-0.05, 0) is 26.3 Å². The Morgan fingerprint density at radius 1 is 1.69 bits per heavy atom. The van der Waals surface area contributed by atoms with Crippen LogP contribution < -0.4 is 5.32 Å². The monoisotopic (exact) mass is 183 g/mol. The van der Waals surface area contributed by atoms with Crippen LogP contribution in [0, 0.1) is 0 Å². The number of rotatable bonds is 3. The van der Waals surface area contributed by atoms with Crippen LogP contribution in [0.3, 0.4) is 0 Å². The molecule has 1 N–H and O–H groups in total. The number of hydrogen-bond donors (Lipinski definition) is 1. The van der Waals surface area contributed by atoms with Gasteiger partial charge in [-0.15, -0.1) is 0 Å². The van der Waals surface area contributed by atoms with E-state index in [4.69, 9.17) is 4.74 Å². The first-order chi connectivity index (χ1) is 6.05. The van der Waals surface area contributed by atoms with E-state index in [-0.39, 0.29) is 11.4 Å². The van der Waals surface area contributed by atoms with Gasteiger partial charge >= 0.3 is 0 Å². The van der Waals surface area contributed by atoms with Crippen LogP contribution in [0.2, 0.25) is 0 Å². The molecule has 0 saturated carbocycles. The Morgan fingerprint density at radius 3 is 2.85 bits per heavy atom. The van der Waals surface area contributed by atoms with Gasteiger partial charge in [0.25, 0.3) is 5.91 Å². The average Bonchev–Trinajstić information content (AvgIpc) is 2.55. The van der Waals surface area contributed by atoms with Gasteiger partial charge in [0.15, 0.2) is 5.76 Å². The quantitative estimate of drug-likeness (QED) is 0.721. The molecule has 1 heterocycles. The summed E-state index contributed by atoms with van der Waals surface area (Å²) in [6.45, 7) is 6.68. The average molecular weight is 183 g/mol.